The van der Waals surface area contributed by atoms with Crippen LogP contribution in [-0.2, 0) is 17.8 Å². The molecule has 2 aromatic heterocycles. The molecule has 0 unspecified atom stereocenters. The van der Waals surface area contributed by atoms with Crippen LogP contribution in [0.3, 0.4) is 0 Å². The van der Waals surface area contributed by atoms with Gasteiger partial charge in [-0.3, -0.25) is 14.6 Å². The van der Waals surface area contributed by atoms with Gasteiger partial charge >= 0.3 is 6.03 Å². The van der Waals surface area contributed by atoms with Crippen LogP contribution < -0.4 is 21.9 Å². The highest BCUT2D eigenvalue weighted by molar-refractivity contribution is 6.39. The molecule has 11 heteroatoms. The van der Waals surface area contributed by atoms with Crippen molar-refractivity contribution in [2.45, 2.75) is 19.9 Å². The number of halogens is 2. The van der Waals surface area contributed by atoms with E-state index in [1.165, 1.54) is 23.1 Å². The van der Waals surface area contributed by atoms with Crippen LogP contribution in [0.1, 0.15) is 12.5 Å². The van der Waals surface area contributed by atoms with Gasteiger partial charge in [-0.1, -0.05) is 65.7 Å². The van der Waals surface area contributed by atoms with E-state index in [-0.39, 0.29) is 27.8 Å². The lowest BCUT2D eigenvalue weighted by atomic mass is 9.99. The van der Waals surface area contributed by atoms with Crippen molar-refractivity contribution < 1.29 is 9.59 Å². The molecule has 2 heterocycles. The number of aryl methyl sites for hydroxylation is 1. The smallest absolute Gasteiger partial charge is 0.323 e. The summed E-state index contributed by atoms with van der Waals surface area (Å²) in [4.78, 5) is 40.7. The molecule has 0 aliphatic carbocycles. The van der Waals surface area contributed by atoms with E-state index in [1.807, 2.05) is 48.5 Å². The van der Waals surface area contributed by atoms with Crippen LogP contribution in [0.5, 0.6) is 0 Å². The molecule has 0 bridgehead atoms. The van der Waals surface area contributed by atoms with Gasteiger partial charge in [0.15, 0.2) is 0 Å². The van der Waals surface area contributed by atoms with Crippen molar-refractivity contribution in [2.24, 2.45) is 5.73 Å². The Hall–Kier alpha value is -4.21. The van der Waals surface area contributed by atoms with Gasteiger partial charge in [0.05, 0.1) is 27.8 Å². The summed E-state index contributed by atoms with van der Waals surface area (Å²) in [6.07, 6.45) is 2.83. The Bertz CT molecular complexity index is 1530. The Labute approximate surface area is 222 Å². The maximum atomic E-state index is 12.9. The molecule has 0 fully saturated rings. The topological polar surface area (TPSA) is 132 Å². The predicted octanol–water partition coefficient (Wildman–Crippen LogP) is 4.97. The first-order valence-corrected chi connectivity index (χ1v) is 12.0. The standard InChI is InChI=1S/C26H22Cl2N6O3/c1-2-34-25(36)22(31-26(37)32-24-19(27)13-30-14-20(24)28)12-21(33-34)18-8-4-7-17(11-18)16-6-3-5-15(9-16)10-23(29)35/h3-9,11-14H,2,10H2,1H3,(H2,29,35)(H2,30,31,32,37). The summed E-state index contributed by atoms with van der Waals surface area (Å²) in [5.74, 6) is -0.408. The number of anilines is 2. The number of primary amides is 1. The van der Waals surface area contributed by atoms with E-state index in [2.05, 4.69) is 20.7 Å². The molecule has 0 atom stereocenters. The molecule has 4 N–H and O–H groups in total. The van der Waals surface area contributed by atoms with Gasteiger partial charge in [-0.05, 0) is 35.7 Å². The molecule has 0 aliphatic rings. The molecule has 3 amide bonds. The molecule has 4 rings (SSSR count). The van der Waals surface area contributed by atoms with Crippen molar-refractivity contribution in [3.63, 3.8) is 0 Å². The third kappa shape index (κ3) is 6.14. The lowest BCUT2D eigenvalue weighted by Gasteiger charge is -2.13. The SMILES string of the molecule is CCn1nc(-c2cccc(-c3cccc(CC(N)=O)c3)c2)cc(NC(=O)Nc2c(Cl)cncc2Cl)c1=O. The third-order valence-electron chi connectivity index (χ3n) is 5.41. The summed E-state index contributed by atoms with van der Waals surface area (Å²) in [7, 11) is 0. The Balaban J connectivity index is 1.66. The number of pyridine rings is 1. The van der Waals surface area contributed by atoms with Crippen molar-refractivity contribution in [2.75, 3.05) is 10.6 Å². The molecule has 9 nitrogen and oxygen atoms in total. The van der Waals surface area contributed by atoms with Crippen molar-refractivity contribution >= 4 is 46.5 Å². The molecule has 0 radical (unpaired) electrons. The van der Waals surface area contributed by atoms with E-state index in [0.29, 0.717) is 12.2 Å². The molecule has 4 aromatic rings. The van der Waals surface area contributed by atoms with Gasteiger partial charge in [0.25, 0.3) is 5.56 Å². The summed E-state index contributed by atoms with van der Waals surface area (Å²) in [5, 5.41) is 9.87. The highest BCUT2D eigenvalue weighted by Crippen LogP contribution is 2.29. The van der Waals surface area contributed by atoms with Crippen LogP contribution in [-0.4, -0.2) is 26.7 Å². The predicted molar refractivity (Wildman–Crippen MR) is 145 cm³/mol. The number of nitrogens with one attached hydrogen (secondary N) is 2. The van der Waals surface area contributed by atoms with Crippen LogP contribution in [0.25, 0.3) is 22.4 Å². The summed E-state index contributed by atoms with van der Waals surface area (Å²) in [6, 6.07) is 15.9. The van der Waals surface area contributed by atoms with Crippen molar-refractivity contribution in [3.8, 4) is 22.4 Å². The van der Waals surface area contributed by atoms with Crippen LogP contribution in [0.15, 0.2) is 71.8 Å². The number of carbonyl (C=O) groups excluding carboxylic acids is 2. The molecule has 0 aliphatic heterocycles. The van der Waals surface area contributed by atoms with E-state index < -0.39 is 17.5 Å². The van der Waals surface area contributed by atoms with Crippen molar-refractivity contribution in [1.29, 1.82) is 0 Å². The van der Waals surface area contributed by atoms with E-state index in [9.17, 15) is 14.4 Å². The van der Waals surface area contributed by atoms with Crippen molar-refractivity contribution in [1.82, 2.24) is 14.8 Å². The zero-order valence-electron chi connectivity index (χ0n) is 19.7. The lowest BCUT2D eigenvalue weighted by molar-refractivity contribution is -0.117. The minimum absolute atomic E-state index is 0.0273. The summed E-state index contributed by atoms with van der Waals surface area (Å²) < 4.78 is 1.26. The quantitative estimate of drug-likeness (QED) is 0.306. The number of nitrogens with two attached hydrogens (primary N) is 1. The first-order chi connectivity index (χ1) is 17.7. The maximum Gasteiger partial charge on any atom is 0.323 e. The zero-order chi connectivity index (χ0) is 26.5. The fourth-order valence-electron chi connectivity index (χ4n) is 3.70. The number of aromatic nitrogens is 3. The molecule has 188 valence electrons. The molecular weight excluding hydrogens is 515 g/mol. The lowest BCUT2D eigenvalue weighted by Crippen LogP contribution is -2.29. The fourth-order valence-corrected chi connectivity index (χ4v) is 4.16. The van der Waals surface area contributed by atoms with Gasteiger partial charge in [0.1, 0.15) is 5.69 Å². The second-order valence-corrected chi connectivity index (χ2v) is 8.86. The molecular formula is C26H22Cl2N6O3. The second-order valence-electron chi connectivity index (χ2n) is 8.05. The Morgan fingerprint density at radius 1 is 0.946 bits per heavy atom. The van der Waals surface area contributed by atoms with Gasteiger partial charge < -0.3 is 16.4 Å². The van der Waals surface area contributed by atoms with Crippen molar-refractivity contribution in [3.05, 3.63) is 93.0 Å². The number of urea groups is 1. The van der Waals surface area contributed by atoms with Gasteiger partial charge in [-0.15, -0.1) is 0 Å². The van der Waals surface area contributed by atoms with Crippen LogP contribution in [0.2, 0.25) is 10.0 Å². The number of nitrogens with zero attached hydrogens (tertiary/aromatic N) is 3. The first kappa shape index (κ1) is 25.9. The molecule has 0 spiro atoms. The Morgan fingerprint density at radius 3 is 2.27 bits per heavy atom. The number of hydrogen-bond donors (Lipinski definition) is 3. The van der Waals surface area contributed by atoms with Crippen LogP contribution >= 0.6 is 23.2 Å². The number of carbonyl (C=O) groups is 2. The molecule has 0 saturated heterocycles. The number of amides is 3. The number of rotatable bonds is 7. The minimum atomic E-state index is -0.702. The molecule has 2 aromatic carbocycles. The van der Waals surface area contributed by atoms with E-state index in [4.69, 9.17) is 28.9 Å². The van der Waals surface area contributed by atoms with Gasteiger partial charge in [0, 0.05) is 24.5 Å². The first-order valence-electron chi connectivity index (χ1n) is 11.2. The van der Waals surface area contributed by atoms with Gasteiger partial charge in [-0.25, -0.2) is 9.48 Å². The Morgan fingerprint density at radius 2 is 1.59 bits per heavy atom. The van der Waals surface area contributed by atoms with E-state index >= 15 is 0 Å². The van der Waals surface area contributed by atoms with Gasteiger partial charge in [-0.2, -0.15) is 5.10 Å². The second kappa shape index (κ2) is 11.2. The highest BCUT2D eigenvalue weighted by atomic mass is 35.5. The Kier molecular flexibility index (Phi) is 7.86. The van der Waals surface area contributed by atoms with Crippen LogP contribution in [0.4, 0.5) is 16.2 Å². The average Bonchev–Trinajstić information content (AvgIpc) is 2.87. The normalized spacial score (nSPS) is 10.7. The van der Waals surface area contributed by atoms with Crippen LogP contribution in [0, 0.1) is 0 Å². The number of benzene rings is 2. The monoisotopic (exact) mass is 536 g/mol. The highest BCUT2D eigenvalue weighted by Gasteiger charge is 2.15. The largest absolute Gasteiger partial charge is 0.369 e. The molecule has 0 saturated carbocycles. The van der Waals surface area contributed by atoms with Gasteiger partial charge in [0.2, 0.25) is 5.91 Å². The maximum absolute atomic E-state index is 12.9. The zero-order valence-corrected chi connectivity index (χ0v) is 21.2. The average molecular weight is 537 g/mol. The number of hydrogen-bond acceptors (Lipinski definition) is 5. The fraction of sp³-hybridized carbons (Fsp3) is 0.115. The molecule has 37 heavy (non-hydrogen) atoms. The van der Waals surface area contributed by atoms with E-state index in [1.54, 1.807) is 6.92 Å². The van der Waals surface area contributed by atoms with E-state index in [0.717, 1.165) is 22.3 Å². The summed E-state index contributed by atoms with van der Waals surface area (Å²) in [5.41, 5.74) is 8.86. The summed E-state index contributed by atoms with van der Waals surface area (Å²) in [6.45, 7) is 2.07. The summed E-state index contributed by atoms with van der Waals surface area (Å²) >= 11 is 12.1. The minimum Gasteiger partial charge on any atom is -0.369 e. The third-order valence-corrected chi connectivity index (χ3v) is 5.98.